The van der Waals surface area contributed by atoms with Crippen LogP contribution in [0.5, 0.6) is 0 Å². The minimum absolute atomic E-state index is 0.254. The lowest BCUT2D eigenvalue weighted by Crippen LogP contribution is -2.31. The molecule has 3 atom stereocenters. The molecule has 0 amide bonds. The molecule has 0 aromatic heterocycles. The summed E-state index contributed by atoms with van der Waals surface area (Å²) in [4.78, 5) is 0. The topological polar surface area (TPSA) is 49.3 Å². The minimum Gasteiger partial charge on any atom is -0.387 e. The number of hydrogen-bond acceptors (Lipinski definition) is 3. The second kappa shape index (κ2) is 7.69. The summed E-state index contributed by atoms with van der Waals surface area (Å²) in [7, 11) is -0.755. The lowest BCUT2D eigenvalue weighted by molar-refractivity contribution is 0.170. The van der Waals surface area contributed by atoms with E-state index in [0.29, 0.717) is 12.3 Å². The van der Waals surface area contributed by atoms with Gasteiger partial charge in [-0.1, -0.05) is 36.4 Å². The van der Waals surface area contributed by atoms with Crippen LogP contribution in [0, 0.1) is 0 Å². The van der Waals surface area contributed by atoms with E-state index in [-0.39, 0.29) is 6.04 Å². The third-order valence-electron chi connectivity index (χ3n) is 3.66. The summed E-state index contributed by atoms with van der Waals surface area (Å²) in [6, 6.07) is 14.4. The van der Waals surface area contributed by atoms with Gasteiger partial charge >= 0.3 is 0 Å². The van der Waals surface area contributed by atoms with E-state index in [0.717, 1.165) is 17.4 Å². The quantitative estimate of drug-likeness (QED) is 0.827. The van der Waals surface area contributed by atoms with Gasteiger partial charge in [0.2, 0.25) is 0 Å². The number of fused-ring (bicyclic) bond motifs is 1. The lowest BCUT2D eigenvalue weighted by Gasteiger charge is -2.17. The summed E-state index contributed by atoms with van der Waals surface area (Å²) < 4.78 is 11.1. The molecule has 0 saturated carbocycles. The van der Waals surface area contributed by atoms with Crippen LogP contribution in [0.1, 0.15) is 25.0 Å². The number of benzene rings is 2. The van der Waals surface area contributed by atoms with Crippen molar-refractivity contribution in [3.8, 4) is 0 Å². The largest absolute Gasteiger partial charge is 0.387 e. The Morgan fingerprint density at radius 2 is 1.90 bits per heavy atom. The van der Waals surface area contributed by atoms with Gasteiger partial charge in [0.25, 0.3) is 0 Å². The Hall–Kier alpha value is -1.23. The van der Waals surface area contributed by atoms with Crippen molar-refractivity contribution in [3.63, 3.8) is 0 Å². The Labute approximate surface area is 128 Å². The molecule has 0 fully saturated rings. The monoisotopic (exact) mass is 305 g/mol. The van der Waals surface area contributed by atoms with Gasteiger partial charge in [-0.2, -0.15) is 0 Å². The van der Waals surface area contributed by atoms with E-state index in [9.17, 15) is 9.32 Å². The standard InChI is InChI=1S/C17H23NO2S/c1-13(9-10-21(2)20)18-12-17(19)16-8-7-14-5-3-4-6-15(14)11-16/h3-8,11,13,17-19H,9-10,12H2,1-2H3. The minimum atomic E-state index is -0.755. The molecular formula is C17H23NO2S. The number of rotatable bonds is 7. The van der Waals surface area contributed by atoms with Crippen molar-refractivity contribution in [3.05, 3.63) is 48.0 Å². The van der Waals surface area contributed by atoms with E-state index in [1.807, 2.05) is 30.3 Å². The van der Waals surface area contributed by atoms with Crippen LogP contribution in [0.25, 0.3) is 10.8 Å². The number of nitrogens with one attached hydrogen (secondary N) is 1. The van der Waals surface area contributed by atoms with Gasteiger partial charge in [-0.3, -0.25) is 4.21 Å². The van der Waals surface area contributed by atoms with Crippen LogP contribution >= 0.6 is 0 Å². The third-order valence-corrected chi connectivity index (χ3v) is 4.47. The Morgan fingerprint density at radius 3 is 2.62 bits per heavy atom. The molecule has 2 rings (SSSR count). The SMILES string of the molecule is CC(CCS(C)=O)NCC(O)c1ccc2ccccc2c1. The van der Waals surface area contributed by atoms with E-state index < -0.39 is 16.9 Å². The summed E-state index contributed by atoms with van der Waals surface area (Å²) >= 11 is 0. The fourth-order valence-corrected chi connectivity index (χ4v) is 2.98. The fourth-order valence-electron chi connectivity index (χ4n) is 2.29. The first-order valence-electron chi connectivity index (χ1n) is 7.26. The van der Waals surface area contributed by atoms with Crippen molar-refractivity contribution >= 4 is 21.6 Å². The molecule has 4 heteroatoms. The van der Waals surface area contributed by atoms with Crippen LogP contribution in [0.2, 0.25) is 0 Å². The number of aliphatic hydroxyl groups excluding tert-OH is 1. The molecule has 0 aliphatic carbocycles. The maximum absolute atomic E-state index is 11.1. The molecule has 3 unspecified atom stereocenters. The maximum atomic E-state index is 11.1. The van der Waals surface area contributed by atoms with Crippen molar-refractivity contribution in [2.24, 2.45) is 0 Å². The third kappa shape index (κ3) is 4.92. The van der Waals surface area contributed by atoms with Gasteiger partial charge in [-0.25, -0.2) is 0 Å². The molecule has 114 valence electrons. The van der Waals surface area contributed by atoms with Gasteiger partial charge in [0.1, 0.15) is 0 Å². The van der Waals surface area contributed by atoms with E-state index in [1.165, 1.54) is 5.39 Å². The second-order valence-corrected chi connectivity index (χ2v) is 7.05. The lowest BCUT2D eigenvalue weighted by atomic mass is 10.0. The Kier molecular flexibility index (Phi) is 5.91. The Bertz CT molecular complexity index is 615. The van der Waals surface area contributed by atoms with Gasteiger partial charge in [-0.15, -0.1) is 0 Å². The molecule has 0 aliphatic rings. The van der Waals surface area contributed by atoms with E-state index in [1.54, 1.807) is 6.26 Å². The van der Waals surface area contributed by atoms with E-state index >= 15 is 0 Å². The summed E-state index contributed by atoms with van der Waals surface area (Å²) in [6.07, 6.45) is 2.05. The van der Waals surface area contributed by atoms with Crippen molar-refractivity contribution in [2.75, 3.05) is 18.6 Å². The predicted molar refractivity (Wildman–Crippen MR) is 89.9 cm³/mol. The molecule has 2 aromatic rings. The highest BCUT2D eigenvalue weighted by atomic mass is 32.2. The molecule has 2 N–H and O–H groups in total. The van der Waals surface area contributed by atoms with Gasteiger partial charge in [0.15, 0.2) is 0 Å². The summed E-state index contributed by atoms with van der Waals surface area (Å²) in [6.45, 7) is 2.57. The van der Waals surface area contributed by atoms with E-state index in [4.69, 9.17) is 0 Å². The molecule has 21 heavy (non-hydrogen) atoms. The summed E-state index contributed by atoms with van der Waals surface area (Å²) in [5, 5.41) is 15.9. The molecule has 0 heterocycles. The van der Waals surface area contributed by atoms with E-state index in [2.05, 4.69) is 24.4 Å². The van der Waals surface area contributed by atoms with Crippen molar-refractivity contribution < 1.29 is 9.32 Å². The average molecular weight is 305 g/mol. The van der Waals surface area contributed by atoms with Gasteiger partial charge in [0.05, 0.1) is 6.10 Å². The normalized spacial score (nSPS) is 15.8. The average Bonchev–Trinajstić information content (AvgIpc) is 2.50. The smallest absolute Gasteiger partial charge is 0.0914 e. The highest BCUT2D eigenvalue weighted by Gasteiger charge is 2.10. The first-order valence-corrected chi connectivity index (χ1v) is 8.99. The van der Waals surface area contributed by atoms with Crippen LogP contribution in [0.3, 0.4) is 0 Å². The molecule has 2 aromatic carbocycles. The number of hydrogen-bond donors (Lipinski definition) is 2. The molecule has 0 bridgehead atoms. The van der Waals surface area contributed by atoms with Crippen LogP contribution in [-0.4, -0.2) is 33.9 Å². The zero-order valence-electron chi connectivity index (χ0n) is 12.6. The van der Waals surface area contributed by atoms with Gasteiger partial charge in [-0.05, 0) is 35.7 Å². The molecule has 0 saturated heterocycles. The molecule has 3 nitrogen and oxygen atoms in total. The first kappa shape index (κ1) is 16.1. The molecular weight excluding hydrogens is 282 g/mol. The fraction of sp³-hybridized carbons (Fsp3) is 0.412. The van der Waals surface area contributed by atoms with Crippen LogP contribution in [0.15, 0.2) is 42.5 Å². The molecule has 0 spiro atoms. The van der Waals surface area contributed by atoms with Gasteiger partial charge in [0, 0.05) is 35.4 Å². The Morgan fingerprint density at radius 1 is 1.19 bits per heavy atom. The zero-order chi connectivity index (χ0) is 15.2. The second-order valence-electron chi connectivity index (χ2n) is 5.50. The highest BCUT2D eigenvalue weighted by Crippen LogP contribution is 2.20. The molecule has 0 aliphatic heterocycles. The summed E-state index contributed by atoms with van der Waals surface area (Å²) in [5.41, 5.74) is 0.924. The zero-order valence-corrected chi connectivity index (χ0v) is 13.4. The van der Waals surface area contributed by atoms with Crippen LogP contribution in [-0.2, 0) is 10.8 Å². The Balaban J connectivity index is 1.92. The maximum Gasteiger partial charge on any atom is 0.0914 e. The van der Waals surface area contributed by atoms with Crippen molar-refractivity contribution in [1.29, 1.82) is 0 Å². The van der Waals surface area contributed by atoms with Crippen LogP contribution < -0.4 is 5.32 Å². The molecule has 0 radical (unpaired) electrons. The predicted octanol–water partition coefficient (Wildman–Crippen LogP) is 2.62. The highest BCUT2D eigenvalue weighted by molar-refractivity contribution is 7.84. The van der Waals surface area contributed by atoms with Gasteiger partial charge < -0.3 is 10.4 Å². The van der Waals surface area contributed by atoms with Crippen molar-refractivity contribution in [2.45, 2.75) is 25.5 Å². The van der Waals surface area contributed by atoms with Crippen LogP contribution in [0.4, 0.5) is 0 Å². The summed E-state index contributed by atoms with van der Waals surface area (Å²) in [5.74, 6) is 0.695. The van der Waals surface area contributed by atoms with Crippen molar-refractivity contribution in [1.82, 2.24) is 5.32 Å². The first-order chi connectivity index (χ1) is 10.1. The number of aliphatic hydroxyl groups is 1.